The molecule has 0 saturated carbocycles. The van der Waals surface area contributed by atoms with Crippen LogP contribution in [0, 0.1) is 0 Å². The lowest BCUT2D eigenvalue weighted by Gasteiger charge is -2.13. The summed E-state index contributed by atoms with van der Waals surface area (Å²) in [6, 6.07) is 17.7. The molecular formula is C19H16ClN3O3S. The first-order chi connectivity index (χ1) is 13.1. The highest BCUT2D eigenvalue weighted by Crippen LogP contribution is 2.24. The molecule has 0 unspecified atom stereocenters. The van der Waals surface area contributed by atoms with Crippen molar-refractivity contribution >= 4 is 40.5 Å². The van der Waals surface area contributed by atoms with Gasteiger partial charge in [-0.05, 0) is 60.7 Å². The number of amides is 1. The van der Waals surface area contributed by atoms with Gasteiger partial charge in [0.05, 0.1) is 12.8 Å². The third kappa shape index (κ3) is 4.78. The maximum absolute atomic E-state index is 12.2. The fourth-order valence-corrected chi connectivity index (χ4v) is 2.59. The minimum absolute atomic E-state index is 0.146. The van der Waals surface area contributed by atoms with Gasteiger partial charge in [0.25, 0.3) is 0 Å². The van der Waals surface area contributed by atoms with Crippen molar-refractivity contribution in [3.05, 3.63) is 71.4 Å². The van der Waals surface area contributed by atoms with Gasteiger partial charge in [-0.2, -0.15) is 0 Å². The second kappa shape index (κ2) is 8.57. The number of para-hydroxylation sites is 2. The van der Waals surface area contributed by atoms with E-state index in [0.717, 1.165) is 5.56 Å². The Kier molecular flexibility index (Phi) is 5.95. The molecule has 3 rings (SSSR count). The van der Waals surface area contributed by atoms with Crippen molar-refractivity contribution in [2.45, 2.75) is 0 Å². The SMILES string of the molecule is COc1ccccc1NC(=S)NNC(=O)c1ccc(-c2ccc(Cl)cc2)o1. The van der Waals surface area contributed by atoms with Gasteiger partial charge in [-0.15, -0.1) is 0 Å². The van der Waals surface area contributed by atoms with Crippen LogP contribution in [-0.2, 0) is 0 Å². The highest BCUT2D eigenvalue weighted by Gasteiger charge is 2.13. The molecule has 1 aromatic heterocycles. The molecule has 0 saturated heterocycles. The van der Waals surface area contributed by atoms with Gasteiger partial charge in [0.1, 0.15) is 11.5 Å². The van der Waals surface area contributed by atoms with Gasteiger partial charge in [0.2, 0.25) is 0 Å². The van der Waals surface area contributed by atoms with Crippen LogP contribution in [0.3, 0.4) is 0 Å². The second-order valence-corrected chi connectivity index (χ2v) is 6.25. The van der Waals surface area contributed by atoms with E-state index in [1.165, 1.54) is 0 Å². The van der Waals surface area contributed by atoms with Gasteiger partial charge in [-0.1, -0.05) is 23.7 Å². The molecule has 0 aliphatic rings. The summed E-state index contributed by atoms with van der Waals surface area (Å²) in [6.07, 6.45) is 0. The number of carbonyl (C=O) groups is 1. The van der Waals surface area contributed by atoms with Crippen LogP contribution in [0.4, 0.5) is 5.69 Å². The molecule has 8 heteroatoms. The fourth-order valence-electron chi connectivity index (χ4n) is 2.31. The Hall–Kier alpha value is -3.03. The van der Waals surface area contributed by atoms with Gasteiger partial charge in [0.15, 0.2) is 10.9 Å². The Balaban J connectivity index is 1.58. The summed E-state index contributed by atoms with van der Waals surface area (Å²) in [7, 11) is 1.56. The molecule has 0 spiro atoms. The fraction of sp³-hybridized carbons (Fsp3) is 0.0526. The molecule has 6 nitrogen and oxygen atoms in total. The normalized spacial score (nSPS) is 10.1. The molecule has 0 fully saturated rings. The van der Waals surface area contributed by atoms with Crippen molar-refractivity contribution in [2.75, 3.05) is 12.4 Å². The first-order valence-electron chi connectivity index (χ1n) is 7.93. The van der Waals surface area contributed by atoms with Crippen molar-refractivity contribution in [1.82, 2.24) is 10.9 Å². The Morgan fingerprint density at radius 2 is 1.78 bits per heavy atom. The maximum Gasteiger partial charge on any atom is 0.305 e. The van der Waals surface area contributed by atoms with E-state index in [1.54, 1.807) is 43.5 Å². The molecule has 0 atom stereocenters. The number of anilines is 1. The molecular weight excluding hydrogens is 386 g/mol. The summed E-state index contributed by atoms with van der Waals surface area (Å²) in [4.78, 5) is 12.2. The van der Waals surface area contributed by atoms with Crippen molar-refractivity contribution in [3.8, 4) is 17.1 Å². The predicted octanol–water partition coefficient (Wildman–Crippen LogP) is 4.24. The van der Waals surface area contributed by atoms with E-state index in [2.05, 4.69) is 16.2 Å². The van der Waals surface area contributed by atoms with E-state index in [4.69, 9.17) is 33.0 Å². The summed E-state index contributed by atoms with van der Waals surface area (Å²) in [6.45, 7) is 0. The average Bonchev–Trinajstić information content (AvgIpc) is 3.17. The number of hydrogen-bond acceptors (Lipinski definition) is 4. The number of methoxy groups -OCH3 is 1. The Bertz CT molecular complexity index is 957. The molecule has 2 aromatic carbocycles. The van der Waals surface area contributed by atoms with E-state index in [1.807, 2.05) is 24.3 Å². The predicted molar refractivity (Wildman–Crippen MR) is 109 cm³/mol. The summed E-state index contributed by atoms with van der Waals surface area (Å²) in [5, 5.41) is 3.78. The van der Waals surface area contributed by atoms with Crippen LogP contribution in [0.2, 0.25) is 5.02 Å². The Morgan fingerprint density at radius 1 is 1.04 bits per heavy atom. The van der Waals surface area contributed by atoms with E-state index in [0.29, 0.717) is 22.2 Å². The quantitative estimate of drug-likeness (QED) is 0.448. The van der Waals surface area contributed by atoms with Crippen LogP contribution in [-0.4, -0.2) is 18.1 Å². The topological polar surface area (TPSA) is 75.5 Å². The monoisotopic (exact) mass is 401 g/mol. The lowest BCUT2D eigenvalue weighted by Crippen LogP contribution is -2.43. The first-order valence-corrected chi connectivity index (χ1v) is 8.71. The summed E-state index contributed by atoms with van der Waals surface area (Å²) in [5.41, 5.74) is 6.60. The summed E-state index contributed by atoms with van der Waals surface area (Å²) >= 11 is 11.0. The third-order valence-electron chi connectivity index (χ3n) is 3.60. The van der Waals surface area contributed by atoms with Gasteiger partial charge in [0, 0.05) is 10.6 Å². The van der Waals surface area contributed by atoms with Crippen LogP contribution >= 0.6 is 23.8 Å². The number of furan rings is 1. The number of nitrogens with one attached hydrogen (secondary N) is 3. The van der Waals surface area contributed by atoms with Gasteiger partial charge in [-0.3, -0.25) is 15.6 Å². The van der Waals surface area contributed by atoms with E-state index < -0.39 is 5.91 Å². The smallest absolute Gasteiger partial charge is 0.305 e. The van der Waals surface area contributed by atoms with E-state index in [-0.39, 0.29) is 10.9 Å². The molecule has 0 aliphatic heterocycles. The number of carbonyl (C=O) groups excluding carboxylic acids is 1. The van der Waals surface area contributed by atoms with E-state index >= 15 is 0 Å². The first kappa shape index (κ1) is 18.8. The molecule has 0 radical (unpaired) electrons. The molecule has 27 heavy (non-hydrogen) atoms. The van der Waals surface area contributed by atoms with Crippen molar-refractivity contribution in [3.63, 3.8) is 0 Å². The second-order valence-electron chi connectivity index (χ2n) is 5.40. The Labute approximate surface area is 166 Å². The third-order valence-corrected chi connectivity index (χ3v) is 4.06. The molecule has 1 amide bonds. The molecule has 3 N–H and O–H groups in total. The number of rotatable bonds is 4. The number of hydrogen-bond donors (Lipinski definition) is 3. The Morgan fingerprint density at radius 3 is 2.52 bits per heavy atom. The largest absolute Gasteiger partial charge is 0.495 e. The highest BCUT2D eigenvalue weighted by atomic mass is 35.5. The van der Waals surface area contributed by atoms with Gasteiger partial charge >= 0.3 is 5.91 Å². The number of benzene rings is 2. The van der Waals surface area contributed by atoms with Crippen LogP contribution in [0.15, 0.2) is 65.1 Å². The lowest BCUT2D eigenvalue weighted by atomic mass is 10.2. The standard InChI is InChI=1S/C19H16ClN3O3S/c1-25-16-5-3-2-4-14(16)21-19(27)23-22-18(24)17-11-10-15(26-17)12-6-8-13(20)9-7-12/h2-11H,1H3,(H,22,24)(H2,21,23,27). The van der Waals surface area contributed by atoms with Crippen LogP contribution in [0.25, 0.3) is 11.3 Å². The van der Waals surface area contributed by atoms with Crippen LogP contribution in [0.5, 0.6) is 5.75 Å². The summed E-state index contributed by atoms with van der Waals surface area (Å²) < 4.78 is 10.8. The van der Waals surface area contributed by atoms with Gasteiger partial charge in [-0.25, -0.2) is 0 Å². The molecule has 0 bridgehead atoms. The zero-order valence-electron chi connectivity index (χ0n) is 14.3. The van der Waals surface area contributed by atoms with Crippen LogP contribution in [0.1, 0.15) is 10.6 Å². The van der Waals surface area contributed by atoms with E-state index in [9.17, 15) is 4.79 Å². The minimum atomic E-state index is -0.459. The lowest BCUT2D eigenvalue weighted by molar-refractivity contribution is 0.0917. The number of thiocarbonyl (C=S) groups is 1. The van der Waals surface area contributed by atoms with Crippen molar-refractivity contribution in [2.24, 2.45) is 0 Å². The molecule has 1 heterocycles. The van der Waals surface area contributed by atoms with Crippen LogP contribution < -0.4 is 20.9 Å². The number of hydrazine groups is 1. The zero-order chi connectivity index (χ0) is 19.2. The van der Waals surface area contributed by atoms with Crippen molar-refractivity contribution in [1.29, 1.82) is 0 Å². The number of ether oxygens (including phenoxy) is 1. The molecule has 138 valence electrons. The maximum atomic E-state index is 12.2. The van der Waals surface area contributed by atoms with Crippen molar-refractivity contribution < 1.29 is 13.9 Å². The van der Waals surface area contributed by atoms with Gasteiger partial charge < -0.3 is 14.5 Å². The summed E-state index contributed by atoms with van der Waals surface area (Å²) in [5.74, 6) is 0.880. The molecule has 3 aromatic rings. The highest BCUT2D eigenvalue weighted by molar-refractivity contribution is 7.80. The average molecular weight is 402 g/mol. The minimum Gasteiger partial charge on any atom is -0.495 e. The zero-order valence-corrected chi connectivity index (χ0v) is 15.9. The number of halogens is 1. The molecule has 0 aliphatic carbocycles.